The first-order valence-electron chi connectivity index (χ1n) is 8.87. The summed E-state index contributed by atoms with van der Waals surface area (Å²) in [7, 11) is 0. The Bertz CT molecular complexity index is 1120. The molecule has 0 fully saturated rings. The van der Waals surface area contributed by atoms with E-state index in [-0.39, 0.29) is 16.0 Å². The first-order chi connectivity index (χ1) is 14.3. The van der Waals surface area contributed by atoms with Crippen LogP contribution in [0.4, 0.5) is 15.8 Å². The average Bonchev–Trinajstić information content (AvgIpc) is 2.71. The van der Waals surface area contributed by atoms with Crippen LogP contribution in [0.5, 0.6) is 0 Å². The minimum Gasteiger partial charge on any atom is -0.332 e. The van der Waals surface area contributed by atoms with Gasteiger partial charge in [0.05, 0.1) is 5.02 Å². The van der Waals surface area contributed by atoms with Crippen molar-refractivity contribution in [1.82, 2.24) is 5.32 Å². The summed E-state index contributed by atoms with van der Waals surface area (Å²) in [4.78, 5) is 24.7. The van der Waals surface area contributed by atoms with E-state index in [1.54, 1.807) is 36.4 Å². The van der Waals surface area contributed by atoms with Crippen LogP contribution in [-0.4, -0.2) is 16.9 Å². The summed E-state index contributed by atoms with van der Waals surface area (Å²) < 4.78 is 13.3. The van der Waals surface area contributed by atoms with Gasteiger partial charge in [0.1, 0.15) is 5.82 Å². The van der Waals surface area contributed by atoms with Crippen LogP contribution in [0.25, 0.3) is 0 Å². The van der Waals surface area contributed by atoms with Gasteiger partial charge < -0.3 is 10.6 Å². The van der Waals surface area contributed by atoms with Crippen molar-refractivity contribution < 1.29 is 14.0 Å². The van der Waals surface area contributed by atoms with Crippen molar-refractivity contribution in [2.75, 3.05) is 10.6 Å². The summed E-state index contributed by atoms with van der Waals surface area (Å²) in [6.45, 7) is 1.93. The number of hydrogen-bond acceptors (Lipinski definition) is 3. The highest BCUT2D eigenvalue weighted by atomic mass is 35.5. The SMILES string of the molecule is Cc1ccc(C(=O)NC(=S)Nc2cccc(C(=O)Nc3ccc(F)c(Cl)c3)c2)cc1. The maximum absolute atomic E-state index is 13.3. The second-order valence-electron chi connectivity index (χ2n) is 6.44. The van der Waals surface area contributed by atoms with Gasteiger partial charge in [0.2, 0.25) is 0 Å². The highest BCUT2D eigenvalue weighted by Gasteiger charge is 2.11. The molecule has 0 heterocycles. The quantitative estimate of drug-likeness (QED) is 0.489. The fourth-order valence-corrected chi connectivity index (χ4v) is 2.95. The van der Waals surface area contributed by atoms with Crippen LogP contribution in [0.2, 0.25) is 5.02 Å². The Morgan fingerprint density at radius 2 is 1.57 bits per heavy atom. The van der Waals surface area contributed by atoms with Crippen molar-refractivity contribution in [2.24, 2.45) is 0 Å². The molecule has 0 spiro atoms. The molecule has 3 aromatic rings. The van der Waals surface area contributed by atoms with Gasteiger partial charge >= 0.3 is 0 Å². The van der Waals surface area contributed by atoms with Crippen LogP contribution in [0, 0.1) is 12.7 Å². The van der Waals surface area contributed by atoms with Crippen LogP contribution in [0.1, 0.15) is 26.3 Å². The maximum Gasteiger partial charge on any atom is 0.257 e. The third-order valence-corrected chi connectivity index (χ3v) is 4.59. The summed E-state index contributed by atoms with van der Waals surface area (Å²) in [6.07, 6.45) is 0. The summed E-state index contributed by atoms with van der Waals surface area (Å²) in [5.41, 5.74) is 2.76. The Morgan fingerprint density at radius 1 is 0.867 bits per heavy atom. The summed E-state index contributed by atoms with van der Waals surface area (Å²) in [5, 5.41) is 8.13. The number of carbonyl (C=O) groups excluding carboxylic acids is 2. The van der Waals surface area contributed by atoms with Crippen LogP contribution >= 0.6 is 23.8 Å². The third-order valence-electron chi connectivity index (χ3n) is 4.10. The minimum atomic E-state index is -0.568. The molecule has 0 aliphatic heterocycles. The van der Waals surface area contributed by atoms with E-state index in [2.05, 4.69) is 16.0 Å². The van der Waals surface area contributed by atoms with E-state index >= 15 is 0 Å². The monoisotopic (exact) mass is 441 g/mol. The predicted octanol–water partition coefficient (Wildman–Crippen LogP) is 5.17. The fraction of sp³-hybridized carbons (Fsp3) is 0.0455. The minimum absolute atomic E-state index is 0.0853. The molecular formula is C22H17ClFN3O2S. The Kier molecular flexibility index (Phi) is 6.76. The molecule has 30 heavy (non-hydrogen) atoms. The van der Waals surface area contributed by atoms with E-state index in [1.165, 1.54) is 18.2 Å². The lowest BCUT2D eigenvalue weighted by molar-refractivity contribution is 0.0976. The van der Waals surface area contributed by atoms with Crippen molar-refractivity contribution in [3.63, 3.8) is 0 Å². The molecule has 0 radical (unpaired) electrons. The predicted molar refractivity (Wildman–Crippen MR) is 121 cm³/mol. The average molecular weight is 442 g/mol. The van der Waals surface area contributed by atoms with Gasteiger partial charge in [0.25, 0.3) is 11.8 Å². The lowest BCUT2D eigenvalue weighted by atomic mass is 10.1. The summed E-state index contributed by atoms with van der Waals surface area (Å²) in [6, 6.07) is 17.6. The molecular weight excluding hydrogens is 425 g/mol. The van der Waals surface area contributed by atoms with E-state index < -0.39 is 11.7 Å². The van der Waals surface area contributed by atoms with Gasteiger partial charge in [-0.05, 0) is 67.7 Å². The van der Waals surface area contributed by atoms with Gasteiger partial charge in [-0.25, -0.2) is 4.39 Å². The van der Waals surface area contributed by atoms with Crippen molar-refractivity contribution in [1.29, 1.82) is 0 Å². The van der Waals surface area contributed by atoms with E-state index in [9.17, 15) is 14.0 Å². The van der Waals surface area contributed by atoms with Gasteiger partial charge in [-0.1, -0.05) is 35.4 Å². The molecule has 0 atom stereocenters. The lowest BCUT2D eigenvalue weighted by Gasteiger charge is -2.11. The lowest BCUT2D eigenvalue weighted by Crippen LogP contribution is -2.34. The molecule has 5 nitrogen and oxygen atoms in total. The molecule has 8 heteroatoms. The fourth-order valence-electron chi connectivity index (χ4n) is 2.56. The Balaban J connectivity index is 1.63. The Morgan fingerprint density at radius 3 is 2.27 bits per heavy atom. The van der Waals surface area contributed by atoms with Crippen LogP contribution in [0.3, 0.4) is 0 Å². The number of carbonyl (C=O) groups is 2. The third kappa shape index (κ3) is 5.62. The normalized spacial score (nSPS) is 10.2. The second kappa shape index (κ2) is 9.47. The number of thiocarbonyl (C=S) groups is 1. The number of amides is 2. The topological polar surface area (TPSA) is 70.2 Å². The molecule has 3 rings (SSSR count). The van der Waals surface area contributed by atoms with Gasteiger partial charge in [0.15, 0.2) is 5.11 Å². The van der Waals surface area contributed by atoms with E-state index in [0.717, 1.165) is 5.56 Å². The number of nitrogens with one attached hydrogen (secondary N) is 3. The van der Waals surface area contributed by atoms with Crippen molar-refractivity contribution >= 4 is 52.1 Å². The molecule has 2 amide bonds. The van der Waals surface area contributed by atoms with E-state index in [4.69, 9.17) is 23.8 Å². The molecule has 3 N–H and O–H groups in total. The Labute approximate surface area is 183 Å². The first-order valence-corrected chi connectivity index (χ1v) is 9.66. The number of anilines is 2. The Hall–Kier alpha value is -3.29. The van der Waals surface area contributed by atoms with Crippen molar-refractivity contribution in [2.45, 2.75) is 6.92 Å². The molecule has 0 saturated heterocycles. The zero-order valence-electron chi connectivity index (χ0n) is 15.8. The largest absolute Gasteiger partial charge is 0.332 e. The summed E-state index contributed by atoms with van der Waals surface area (Å²) in [5.74, 6) is -1.31. The number of halogens is 2. The molecule has 0 aromatic heterocycles. The maximum atomic E-state index is 13.3. The van der Waals surface area contributed by atoms with Crippen LogP contribution in [0.15, 0.2) is 66.7 Å². The first kappa shape index (κ1) is 21.4. The zero-order valence-corrected chi connectivity index (χ0v) is 17.4. The van der Waals surface area contributed by atoms with E-state index in [0.29, 0.717) is 22.5 Å². The van der Waals surface area contributed by atoms with Crippen molar-refractivity contribution in [3.8, 4) is 0 Å². The molecule has 0 bridgehead atoms. The molecule has 152 valence electrons. The number of aryl methyl sites for hydroxylation is 1. The van der Waals surface area contributed by atoms with Crippen LogP contribution < -0.4 is 16.0 Å². The molecule has 3 aromatic carbocycles. The molecule has 0 aliphatic carbocycles. The van der Waals surface area contributed by atoms with Gasteiger partial charge in [-0.3, -0.25) is 14.9 Å². The number of benzene rings is 3. The smallest absolute Gasteiger partial charge is 0.257 e. The standard InChI is InChI=1S/C22H17ClFN3O2S/c1-13-5-7-14(8-6-13)20(28)27-22(30)26-16-4-2-3-15(11-16)21(29)25-17-9-10-19(24)18(23)12-17/h2-12H,1H3,(H,25,29)(H2,26,27,28,30). The molecule has 0 unspecified atom stereocenters. The number of rotatable bonds is 4. The van der Waals surface area contributed by atoms with Gasteiger partial charge in [0, 0.05) is 22.5 Å². The summed E-state index contributed by atoms with van der Waals surface area (Å²) >= 11 is 10.9. The zero-order chi connectivity index (χ0) is 21.7. The highest BCUT2D eigenvalue weighted by Crippen LogP contribution is 2.20. The second-order valence-corrected chi connectivity index (χ2v) is 7.25. The number of hydrogen-bond donors (Lipinski definition) is 3. The van der Waals surface area contributed by atoms with Crippen LogP contribution in [-0.2, 0) is 0 Å². The van der Waals surface area contributed by atoms with Gasteiger partial charge in [-0.15, -0.1) is 0 Å². The van der Waals surface area contributed by atoms with E-state index in [1.807, 2.05) is 19.1 Å². The molecule has 0 aliphatic rings. The van der Waals surface area contributed by atoms with Crippen molar-refractivity contribution in [3.05, 3.63) is 94.3 Å². The van der Waals surface area contributed by atoms with Gasteiger partial charge in [-0.2, -0.15) is 0 Å². The highest BCUT2D eigenvalue weighted by molar-refractivity contribution is 7.80. The molecule has 0 saturated carbocycles.